The SMILES string of the molecule is CCCCCCCCCCC(=CCCCCCC(=O)N1CCCCC1)c1cccc2c1COCO2. The number of unbranched alkanes of at least 4 members (excludes halogenated alkanes) is 10. The van der Waals surface area contributed by atoms with E-state index in [2.05, 4.69) is 36.1 Å². The summed E-state index contributed by atoms with van der Waals surface area (Å²) < 4.78 is 11.4. The number of piperidine rings is 1. The van der Waals surface area contributed by atoms with Crippen LogP contribution in [0.5, 0.6) is 5.75 Å². The van der Waals surface area contributed by atoms with E-state index in [0.29, 0.717) is 19.3 Å². The fourth-order valence-corrected chi connectivity index (χ4v) is 5.37. The number of fused-ring (bicyclic) bond motifs is 1. The van der Waals surface area contributed by atoms with Gasteiger partial charge < -0.3 is 14.4 Å². The van der Waals surface area contributed by atoms with Crippen LogP contribution in [0.3, 0.4) is 0 Å². The zero-order valence-electron chi connectivity index (χ0n) is 22.3. The summed E-state index contributed by atoms with van der Waals surface area (Å²) in [5.74, 6) is 1.35. The number of carbonyl (C=O) groups excluding carboxylic acids is 1. The molecule has 1 amide bonds. The molecular formula is C31H49NO3. The van der Waals surface area contributed by atoms with Gasteiger partial charge in [0.15, 0.2) is 6.79 Å². The Morgan fingerprint density at radius 1 is 0.886 bits per heavy atom. The Balaban J connectivity index is 1.46. The summed E-state index contributed by atoms with van der Waals surface area (Å²) in [6.45, 7) is 5.21. The van der Waals surface area contributed by atoms with Gasteiger partial charge in [0.05, 0.1) is 6.61 Å². The van der Waals surface area contributed by atoms with Crippen LogP contribution in [0, 0.1) is 0 Å². The number of amides is 1. The second-order valence-electron chi connectivity index (χ2n) is 10.4. The van der Waals surface area contributed by atoms with Crippen molar-refractivity contribution in [3.63, 3.8) is 0 Å². The number of hydrogen-bond donors (Lipinski definition) is 0. The summed E-state index contributed by atoms with van der Waals surface area (Å²) in [6.07, 6.45) is 23.0. The fourth-order valence-electron chi connectivity index (χ4n) is 5.37. The highest BCUT2D eigenvalue weighted by Crippen LogP contribution is 2.33. The average molecular weight is 484 g/mol. The maximum Gasteiger partial charge on any atom is 0.222 e. The van der Waals surface area contributed by atoms with Crippen molar-refractivity contribution < 1.29 is 14.3 Å². The molecule has 0 atom stereocenters. The number of benzene rings is 1. The lowest BCUT2D eigenvalue weighted by atomic mass is 9.93. The number of ether oxygens (including phenoxy) is 2. The minimum Gasteiger partial charge on any atom is -0.467 e. The summed E-state index contributed by atoms with van der Waals surface area (Å²) in [4.78, 5) is 14.5. The van der Waals surface area contributed by atoms with Crippen LogP contribution in [0.2, 0.25) is 0 Å². The van der Waals surface area contributed by atoms with Gasteiger partial charge in [-0.15, -0.1) is 0 Å². The van der Waals surface area contributed by atoms with Gasteiger partial charge >= 0.3 is 0 Å². The van der Waals surface area contributed by atoms with Gasteiger partial charge in [-0.2, -0.15) is 0 Å². The Morgan fingerprint density at radius 2 is 1.60 bits per heavy atom. The first kappa shape index (κ1) is 27.8. The number of carbonyl (C=O) groups is 1. The molecule has 1 saturated heterocycles. The number of allylic oxidation sites excluding steroid dienone is 2. The molecule has 2 aliphatic rings. The first-order valence-electron chi connectivity index (χ1n) is 14.6. The van der Waals surface area contributed by atoms with E-state index in [1.165, 1.54) is 87.3 Å². The van der Waals surface area contributed by atoms with Gasteiger partial charge in [0.1, 0.15) is 5.75 Å². The van der Waals surface area contributed by atoms with Crippen molar-refractivity contribution in [3.8, 4) is 5.75 Å². The molecule has 4 nitrogen and oxygen atoms in total. The first-order valence-corrected chi connectivity index (χ1v) is 14.6. The molecule has 2 aliphatic heterocycles. The molecule has 0 spiro atoms. The lowest BCUT2D eigenvalue weighted by Gasteiger charge is -2.26. The third kappa shape index (κ3) is 9.99. The lowest BCUT2D eigenvalue weighted by molar-refractivity contribution is -0.132. The Hall–Kier alpha value is -1.81. The minimum atomic E-state index is 0.351. The molecule has 0 saturated carbocycles. The number of hydrogen-bond acceptors (Lipinski definition) is 3. The van der Waals surface area contributed by atoms with E-state index >= 15 is 0 Å². The Bertz CT molecular complexity index is 766. The van der Waals surface area contributed by atoms with Crippen molar-refractivity contribution in [2.45, 2.75) is 123 Å². The quantitative estimate of drug-likeness (QED) is 0.221. The van der Waals surface area contributed by atoms with E-state index in [9.17, 15) is 4.79 Å². The maximum absolute atomic E-state index is 12.4. The molecule has 0 bridgehead atoms. The largest absolute Gasteiger partial charge is 0.467 e. The van der Waals surface area contributed by atoms with Gasteiger partial charge in [0.2, 0.25) is 5.91 Å². The van der Waals surface area contributed by atoms with Crippen molar-refractivity contribution in [1.29, 1.82) is 0 Å². The highest BCUT2D eigenvalue weighted by Gasteiger charge is 2.17. The molecule has 1 fully saturated rings. The van der Waals surface area contributed by atoms with Gasteiger partial charge in [-0.05, 0) is 68.6 Å². The first-order chi connectivity index (χ1) is 17.3. The van der Waals surface area contributed by atoms with Crippen LogP contribution in [0.1, 0.15) is 127 Å². The molecule has 0 radical (unpaired) electrons. The van der Waals surface area contributed by atoms with Crippen molar-refractivity contribution in [2.75, 3.05) is 19.9 Å². The van der Waals surface area contributed by atoms with Crippen LogP contribution in [0.15, 0.2) is 24.3 Å². The predicted octanol–water partition coefficient (Wildman–Crippen LogP) is 8.43. The average Bonchev–Trinajstić information content (AvgIpc) is 2.91. The smallest absolute Gasteiger partial charge is 0.222 e. The zero-order valence-corrected chi connectivity index (χ0v) is 22.3. The standard InChI is InChI=1S/C31H49NO3/c1-2-3-4-5-6-7-8-12-18-27(28-20-17-21-30-29(28)25-34-26-35-30)19-13-9-10-14-22-31(33)32-23-15-11-16-24-32/h17,19-21H,2-16,18,22-26H2,1H3. The van der Waals surface area contributed by atoms with Gasteiger partial charge in [0.25, 0.3) is 0 Å². The van der Waals surface area contributed by atoms with Crippen LogP contribution >= 0.6 is 0 Å². The minimum absolute atomic E-state index is 0.351. The molecule has 0 unspecified atom stereocenters. The second-order valence-corrected chi connectivity index (χ2v) is 10.4. The van der Waals surface area contributed by atoms with Crippen molar-refractivity contribution in [3.05, 3.63) is 35.4 Å². The van der Waals surface area contributed by atoms with E-state index in [1.807, 2.05) is 0 Å². The van der Waals surface area contributed by atoms with Crippen molar-refractivity contribution >= 4 is 11.5 Å². The molecule has 3 rings (SSSR count). The Morgan fingerprint density at radius 3 is 2.40 bits per heavy atom. The molecule has 4 heteroatoms. The van der Waals surface area contributed by atoms with Crippen LogP contribution < -0.4 is 4.74 Å². The van der Waals surface area contributed by atoms with E-state index in [0.717, 1.165) is 57.4 Å². The number of rotatable bonds is 16. The highest BCUT2D eigenvalue weighted by molar-refractivity contribution is 5.76. The van der Waals surface area contributed by atoms with Crippen LogP contribution in [-0.2, 0) is 16.1 Å². The topological polar surface area (TPSA) is 38.8 Å². The van der Waals surface area contributed by atoms with Crippen LogP contribution in [0.25, 0.3) is 5.57 Å². The molecule has 0 N–H and O–H groups in total. The summed E-state index contributed by atoms with van der Waals surface area (Å²) in [5.41, 5.74) is 3.97. The number of likely N-dealkylation sites (tertiary alicyclic amines) is 1. The van der Waals surface area contributed by atoms with E-state index < -0.39 is 0 Å². The molecule has 0 aliphatic carbocycles. The third-order valence-electron chi connectivity index (χ3n) is 7.52. The predicted molar refractivity (Wildman–Crippen MR) is 145 cm³/mol. The highest BCUT2D eigenvalue weighted by atomic mass is 16.7. The molecule has 35 heavy (non-hydrogen) atoms. The lowest BCUT2D eigenvalue weighted by Crippen LogP contribution is -2.35. The van der Waals surface area contributed by atoms with Gasteiger partial charge in [-0.1, -0.05) is 76.5 Å². The summed E-state index contributed by atoms with van der Waals surface area (Å²) >= 11 is 0. The number of nitrogens with zero attached hydrogens (tertiary/aromatic N) is 1. The fraction of sp³-hybridized carbons (Fsp3) is 0.710. The molecule has 2 heterocycles. The summed E-state index contributed by atoms with van der Waals surface area (Å²) in [6, 6.07) is 6.42. The van der Waals surface area contributed by atoms with Gasteiger partial charge in [-0.3, -0.25) is 4.79 Å². The van der Waals surface area contributed by atoms with E-state index in [1.54, 1.807) is 0 Å². The normalized spacial score (nSPS) is 16.1. The molecule has 196 valence electrons. The molecular weight excluding hydrogens is 434 g/mol. The second kappa shape index (κ2) is 16.8. The van der Waals surface area contributed by atoms with Crippen molar-refractivity contribution in [1.82, 2.24) is 4.90 Å². The van der Waals surface area contributed by atoms with Crippen LogP contribution in [-0.4, -0.2) is 30.7 Å². The monoisotopic (exact) mass is 483 g/mol. The molecule has 0 aromatic heterocycles. The molecule has 1 aromatic carbocycles. The Labute approximate surface area is 214 Å². The maximum atomic E-state index is 12.4. The van der Waals surface area contributed by atoms with E-state index in [-0.39, 0.29) is 0 Å². The van der Waals surface area contributed by atoms with Crippen molar-refractivity contribution in [2.24, 2.45) is 0 Å². The van der Waals surface area contributed by atoms with Gasteiger partial charge in [-0.25, -0.2) is 0 Å². The summed E-state index contributed by atoms with van der Waals surface area (Å²) in [7, 11) is 0. The molecule has 1 aromatic rings. The van der Waals surface area contributed by atoms with E-state index in [4.69, 9.17) is 9.47 Å². The van der Waals surface area contributed by atoms with Crippen LogP contribution in [0.4, 0.5) is 0 Å². The zero-order chi connectivity index (χ0) is 24.6. The van der Waals surface area contributed by atoms with Gasteiger partial charge in [0, 0.05) is 25.1 Å². The third-order valence-corrected chi connectivity index (χ3v) is 7.52. The Kier molecular flexibility index (Phi) is 13.3. The summed E-state index contributed by atoms with van der Waals surface area (Å²) in [5, 5.41) is 0.